The normalized spacial score (nSPS) is 21.8. The molecule has 2 heterocycles. The molecular formula is C16H22N4O. The third kappa shape index (κ3) is 2.93. The van der Waals surface area contributed by atoms with Gasteiger partial charge in [0.2, 0.25) is 5.91 Å². The zero-order valence-corrected chi connectivity index (χ0v) is 12.4. The van der Waals surface area contributed by atoms with Gasteiger partial charge in [-0.25, -0.2) is 4.98 Å². The Balaban J connectivity index is 1.49. The molecule has 0 bridgehead atoms. The Morgan fingerprint density at radius 1 is 1.48 bits per heavy atom. The number of aryl methyl sites for hydroxylation is 1. The van der Waals surface area contributed by atoms with Crippen LogP contribution in [0.4, 0.5) is 0 Å². The van der Waals surface area contributed by atoms with Crippen LogP contribution in [0.3, 0.4) is 0 Å². The van der Waals surface area contributed by atoms with Crippen molar-refractivity contribution in [1.29, 1.82) is 0 Å². The molecule has 21 heavy (non-hydrogen) atoms. The molecule has 1 aromatic carbocycles. The SMILES string of the molecule is CC1(C(=O)NCCCn2cnc3ccccc32)CCNC1. The maximum Gasteiger partial charge on any atom is 0.227 e. The van der Waals surface area contributed by atoms with E-state index in [2.05, 4.69) is 26.3 Å². The number of fused-ring (bicyclic) bond motifs is 1. The van der Waals surface area contributed by atoms with Gasteiger partial charge >= 0.3 is 0 Å². The fourth-order valence-electron chi connectivity index (χ4n) is 2.86. The van der Waals surface area contributed by atoms with E-state index < -0.39 is 0 Å². The van der Waals surface area contributed by atoms with Gasteiger partial charge in [-0.15, -0.1) is 0 Å². The molecule has 0 aliphatic carbocycles. The number of para-hydroxylation sites is 2. The largest absolute Gasteiger partial charge is 0.356 e. The van der Waals surface area contributed by atoms with Crippen molar-refractivity contribution in [3.05, 3.63) is 30.6 Å². The fourth-order valence-corrected chi connectivity index (χ4v) is 2.86. The molecule has 5 nitrogen and oxygen atoms in total. The quantitative estimate of drug-likeness (QED) is 0.820. The lowest BCUT2D eigenvalue weighted by Gasteiger charge is -2.21. The van der Waals surface area contributed by atoms with Gasteiger partial charge in [0.1, 0.15) is 0 Å². The number of imidazole rings is 1. The number of aromatic nitrogens is 2. The lowest BCUT2D eigenvalue weighted by atomic mass is 9.89. The summed E-state index contributed by atoms with van der Waals surface area (Å²) in [7, 11) is 0. The number of carbonyl (C=O) groups is 1. The highest BCUT2D eigenvalue weighted by atomic mass is 16.2. The standard InChI is InChI=1S/C16H22N4O/c1-16(7-9-17-11-16)15(21)18-8-4-10-20-12-19-13-5-2-3-6-14(13)20/h2-3,5-6,12,17H,4,7-11H2,1H3,(H,18,21). The van der Waals surface area contributed by atoms with Crippen molar-refractivity contribution in [3.8, 4) is 0 Å². The number of nitrogens with one attached hydrogen (secondary N) is 2. The molecule has 0 saturated carbocycles. The van der Waals surface area contributed by atoms with Crippen molar-refractivity contribution >= 4 is 16.9 Å². The average molecular weight is 286 g/mol. The Morgan fingerprint density at radius 3 is 3.14 bits per heavy atom. The third-order valence-electron chi connectivity index (χ3n) is 4.31. The number of hydrogen-bond acceptors (Lipinski definition) is 3. The summed E-state index contributed by atoms with van der Waals surface area (Å²) in [6.07, 6.45) is 3.70. The molecule has 1 atom stereocenters. The maximum absolute atomic E-state index is 12.2. The predicted molar refractivity (Wildman–Crippen MR) is 83.0 cm³/mol. The van der Waals surface area contributed by atoms with Gasteiger partial charge in [0.15, 0.2) is 0 Å². The highest BCUT2D eigenvalue weighted by molar-refractivity contribution is 5.82. The molecule has 112 valence electrons. The molecule has 1 unspecified atom stereocenters. The molecule has 0 radical (unpaired) electrons. The zero-order valence-electron chi connectivity index (χ0n) is 12.4. The number of nitrogens with zero attached hydrogens (tertiary/aromatic N) is 2. The molecule has 2 aromatic rings. The van der Waals surface area contributed by atoms with E-state index in [-0.39, 0.29) is 11.3 Å². The van der Waals surface area contributed by atoms with E-state index in [9.17, 15) is 4.79 Å². The molecule has 1 amide bonds. The van der Waals surface area contributed by atoms with Crippen molar-refractivity contribution in [2.24, 2.45) is 5.41 Å². The zero-order chi connectivity index (χ0) is 14.7. The van der Waals surface area contributed by atoms with Gasteiger partial charge in [0.05, 0.1) is 22.8 Å². The summed E-state index contributed by atoms with van der Waals surface area (Å²) in [5.74, 6) is 0.169. The molecule has 1 saturated heterocycles. The summed E-state index contributed by atoms with van der Waals surface area (Å²) in [6.45, 7) is 5.33. The minimum atomic E-state index is -0.234. The molecule has 1 aliphatic rings. The monoisotopic (exact) mass is 286 g/mol. The van der Waals surface area contributed by atoms with Crippen molar-refractivity contribution < 1.29 is 4.79 Å². The molecule has 1 aliphatic heterocycles. The summed E-state index contributed by atoms with van der Waals surface area (Å²) in [5, 5.41) is 6.32. The van der Waals surface area contributed by atoms with Gasteiger partial charge in [-0.2, -0.15) is 0 Å². The third-order valence-corrected chi connectivity index (χ3v) is 4.31. The minimum Gasteiger partial charge on any atom is -0.356 e. The first-order valence-corrected chi connectivity index (χ1v) is 7.58. The van der Waals surface area contributed by atoms with Crippen molar-refractivity contribution in [1.82, 2.24) is 20.2 Å². The summed E-state index contributed by atoms with van der Waals surface area (Å²) in [4.78, 5) is 16.5. The Kier molecular flexibility index (Phi) is 3.92. The Bertz CT molecular complexity index is 628. The highest BCUT2D eigenvalue weighted by Gasteiger charge is 2.35. The number of benzene rings is 1. The number of carbonyl (C=O) groups excluding carboxylic acids is 1. The number of rotatable bonds is 5. The Morgan fingerprint density at radius 2 is 2.33 bits per heavy atom. The number of hydrogen-bond donors (Lipinski definition) is 2. The predicted octanol–water partition coefficient (Wildman–Crippen LogP) is 1.54. The van der Waals surface area contributed by atoms with Crippen LogP contribution >= 0.6 is 0 Å². The van der Waals surface area contributed by atoms with Crippen molar-refractivity contribution in [2.75, 3.05) is 19.6 Å². The summed E-state index contributed by atoms with van der Waals surface area (Å²) in [6, 6.07) is 8.11. The van der Waals surface area contributed by atoms with Gasteiger partial charge in [-0.05, 0) is 38.4 Å². The van der Waals surface area contributed by atoms with E-state index in [4.69, 9.17) is 0 Å². The average Bonchev–Trinajstić information content (AvgIpc) is 3.11. The van der Waals surface area contributed by atoms with Gasteiger partial charge in [0, 0.05) is 19.6 Å². The van der Waals surface area contributed by atoms with Gasteiger partial charge in [-0.1, -0.05) is 12.1 Å². The van der Waals surface area contributed by atoms with E-state index in [0.717, 1.165) is 43.5 Å². The van der Waals surface area contributed by atoms with Crippen LogP contribution in [-0.4, -0.2) is 35.1 Å². The van der Waals surface area contributed by atoms with E-state index in [1.165, 1.54) is 0 Å². The second-order valence-corrected chi connectivity index (χ2v) is 6.02. The minimum absolute atomic E-state index is 0.169. The van der Waals surface area contributed by atoms with Gasteiger partial charge in [-0.3, -0.25) is 4.79 Å². The lowest BCUT2D eigenvalue weighted by molar-refractivity contribution is -0.129. The first-order valence-electron chi connectivity index (χ1n) is 7.58. The number of amides is 1. The molecule has 5 heteroatoms. The van der Waals surface area contributed by atoms with Crippen LogP contribution in [0.25, 0.3) is 11.0 Å². The maximum atomic E-state index is 12.2. The van der Waals surface area contributed by atoms with Crippen LogP contribution in [0.15, 0.2) is 30.6 Å². The topological polar surface area (TPSA) is 59.0 Å². The first-order chi connectivity index (χ1) is 10.2. The Labute approximate surface area is 124 Å². The van der Waals surface area contributed by atoms with Crippen LogP contribution in [-0.2, 0) is 11.3 Å². The van der Waals surface area contributed by atoms with E-state index in [0.29, 0.717) is 6.54 Å². The van der Waals surface area contributed by atoms with Crippen LogP contribution < -0.4 is 10.6 Å². The Hall–Kier alpha value is -1.88. The summed E-state index contributed by atoms with van der Waals surface area (Å²) >= 11 is 0. The van der Waals surface area contributed by atoms with E-state index in [1.54, 1.807) is 0 Å². The van der Waals surface area contributed by atoms with E-state index in [1.807, 2.05) is 31.5 Å². The molecule has 2 N–H and O–H groups in total. The fraction of sp³-hybridized carbons (Fsp3) is 0.500. The molecular weight excluding hydrogens is 264 g/mol. The van der Waals surface area contributed by atoms with Crippen LogP contribution in [0.5, 0.6) is 0 Å². The molecule has 1 aromatic heterocycles. The molecule has 0 spiro atoms. The van der Waals surface area contributed by atoms with E-state index >= 15 is 0 Å². The van der Waals surface area contributed by atoms with Crippen LogP contribution in [0, 0.1) is 5.41 Å². The van der Waals surface area contributed by atoms with Gasteiger partial charge in [0.25, 0.3) is 0 Å². The summed E-state index contributed by atoms with van der Waals surface area (Å²) < 4.78 is 2.14. The van der Waals surface area contributed by atoms with Crippen molar-refractivity contribution in [3.63, 3.8) is 0 Å². The molecule has 1 fully saturated rings. The molecule has 3 rings (SSSR count). The summed E-state index contributed by atoms with van der Waals surface area (Å²) in [5.41, 5.74) is 1.93. The van der Waals surface area contributed by atoms with Gasteiger partial charge < -0.3 is 15.2 Å². The van der Waals surface area contributed by atoms with Crippen LogP contribution in [0.2, 0.25) is 0 Å². The first kappa shape index (κ1) is 14.1. The second-order valence-electron chi connectivity index (χ2n) is 6.02. The van der Waals surface area contributed by atoms with Crippen LogP contribution in [0.1, 0.15) is 19.8 Å². The highest BCUT2D eigenvalue weighted by Crippen LogP contribution is 2.24. The van der Waals surface area contributed by atoms with Crippen molar-refractivity contribution in [2.45, 2.75) is 26.3 Å². The smallest absolute Gasteiger partial charge is 0.227 e. The lowest BCUT2D eigenvalue weighted by Crippen LogP contribution is -2.40. The second kappa shape index (κ2) is 5.85.